The lowest BCUT2D eigenvalue weighted by Crippen LogP contribution is -2.44. The largest absolute Gasteiger partial charge is 0.381 e. The minimum Gasteiger partial charge on any atom is -0.381 e. The number of hydrogen-bond acceptors (Lipinski definition) is 4. The van der Waals surface area contributed by atoms with E-state index >= 15 is 0 Å². The van der Waals surface area contributed by atoms with Crippen LogP contribution >= 0.6 is 12.4 Å². The first-order chi connectivity index (χ1) is 9.33. The molecule has 3 aliphatic rings. The molecule has 2 unspecified atom stereocenters. The van der Waals surface area contributed by atoms with Crippen molar-refractivity contribution >= 4 is 18.3 Å². The minimum absolute atomic E-state index is 0. The van der Waals surface area contributed by atoms with Gasteiger partial charge in [0.25, 0.3) is 0 Å². The Hall–Kier alpha value is -0.360. The number of amides is 1. The summed E-state index contributed by atoms with van der Waals surface area (Å²) in [7, 11) is 0. The highest BCUT2D eigenvalue weighted by Gasteiger charge is 2.35. The van der Waals surface area contributed by atoms with Crippen LogP contribution in [0.1, 0.15) is 25.7 Å². The standard InChI is InChI=1S/C14H24N2O3.ClH/c17-14(7-13-8-15-4-6-19-13)16(12-1-2-12)9-11-3-5-18-10-11;/h11-13,15H,1-10H2;1H. The van der Waals surface area contributed by atoms with Gasteiger partial charge in [0.15, 0.2) is 0 Å². The number of halogens is 1. The van der Waals surface area contributed by atoms with Gasteiger partial charge in [-0.2, -0.15) is 0 Å². The van der Waals surface area contributed by atoms with E-state index < -0.39 is 0 Å². The maximum Gasteiger partial charge on any atom is 0.225 e. The van der Waals surface area contributed by atoms with Gasteiger partial charge >= 0.3 is 0 Å². The molecule has 0 radical (unpaired) electrons. The summed E-state index contributed by atoms with van der Waals surface area (Å²) in [6.07, 6.45) is 4.02. The van der Waals surface area contributed by atoms with Gasteiger partial charge in [0, 0.05) is 38.2 Å². The van der Waals surface area contributed by atoms with E-state index in [9.17, 15) is 4.79 Å². The van der Waals surface area contributed by atoms with Crippen LogP contribution in [-0.2, 0) is 14.3 Å². The Labute approximate surface area is 126 Å². The van der Waals surface area contributed by atoms with Crippen molar-refractivity contribution in [2.75, 3.05) is 39.5 Å². The molecule has 2 saturated heterocycles. The summed E-state index contributed by atoms with van der Waals surface area (Å²) in [4.78, 5) is 14.6. The maximum atomic E-state index is 12.5. The molecule has 2 atom stereocenters. The summed E-state index contributed by atoms with van der Waals surface area (Å²) in [5, 5.41) is 3.28. The first kappa shape index (κ1) is 16.0. The summed E-state index contributed by atoms with van der Waals surface area (Å²) >= 11 is 0. The van der Waals surface area contributed by atoms with Crippen molar-refractivity contribution in [1.82, 2.24) is 10.2 Å². The predicted octanol–water partition coefficient (Wildman–Crippen LogP) is 0.814. The molecule has 1 saturated carbocycles. The van der Waals surface area contributed by atoms with Gasteiger partial charge in [0.05, 0.1) is 25.7 Å². The fraction of sp³-hybridized carbons (Fsp3) is 0.929. The van der Waals surface area contributed by atoms with E-state index in [4.69, 9.17) is 9.47 Å². The molecular weight excluding hydrogens is 280 g/mol. The molecule has 1 aliphatic carbocycles. The van der Waals surface area contributed by atoms with E-state index in [1.54, 1.807) is 0 Å². The second-order valence-corrected chi connectivity index (χ2v) is 5.91. The van der Waals surface area contributed by atoms with Gasteiger partial charge in [0.1, 0.15) is 0 Å². The maximum absolute atomic E-state index is 12.5. The molecular formula is C14H25ClN2O3. The van der Waals surface area contributed by atoms with Crippen LogP contribution in [0.4, 0.5) is 0 Å². The second-order valence-electron chi connectivity index (χ2n) is 5.91. The fourth-order valence-corrected chi connectivity index (χ4v) is 2.91. The molecule has 0 aromatic carbocycles. The minimum atomic E-state index is 0. The van der Waals surface area contributed by atoms with Crippen LogP contribution in [0.5, 0.6) is 0 Å². The molecule has 0 spiro atoms. The van der Waals surface area contributed by atoms with Crippen molar-refractivity contribution in [3.05, 3.63) is 0 Å². The van der Waals surface area contributed by atoms with Gasteiger partial charge in [0.2, 0.25) is 5.91 Å². The SMILES string of the molecule is Cl.O=C(CC1CNCCO1)N(CC1CCOC1)C1CC1. The monoisotopic (exact) mass is 304 g/mol. The van der Waals surface area contributed by atoms with Gasteiger partial charge in [-0.1, -0.05) is 0 Å². The van der Waals surface area contributed by atoms with Crippen LogP contribution in [0.3, 0.4) is 0 Å². The third kappa shape index (κ3) is 4.32. The Morgan fingerprint density at radius 1 is 1.25 bits per heavy atom. The smallest absolute Gasteiger partial charge is 0.225 e. The molecule has 6 heteroatoms. The number of carbonyl (C=O) groups is 1. The van der Waals surface area contributed by atoms with Crippen molar-refractivity contribution in [3.8, 4) is 0 Å². The Kier molecular flexibility index (Phi) is 6.08. The number of morpholine rings is 1. The molecule has 2 aliphatic heterocycles. The van der Waals surface area contributed by atoms with E-state index in [2.05, 4.69) is 10.2 Å². The Bertz CT molecular complexity index is 314. The van der Waals surface area contributed by atoms with Gasteiger partial charge in [-0.3, -0.25) is 4.79 Å². The molecule has 1 amide bonds. The van der Waals surface area contributed by atoms with E-state index in [0.29, 0.717) is 18.4 Å². The van der Waals surface area contributed by atoms with Crippen LogP contribution in [0.25, 0.3) is 0 Å². The zero-order valence-electron chi connectivity index (χ0n) is 11.9. The van der Waals surface area contributed by atoms with Gasteiger partial charge in [-0.05, 0) is 19.3 Å². The van der Waals surface area contributed by atoms with Crippen molar-refractivity contribution in [2.24, 2.45) is 5.92 Å². The van der Waals surface area contributed by atoms with Crippen molar-refractivity contribution in [3.63, 3.8) is 0 Å². The lowest BCUT2D eigenvalue weighted by Gasteiger charge is -2.29. The fourth-order valence-electron chi connectivity index (χ4n) is 2.91. The van der Waals surface area contributed by atoms with Crippen LogP contribution < -0.4 is 5.32 Å². The summed E-state index contributed by atoms with van der Waals surface area (Å²) in [6.45, 7) is 4.97. The van der Waals surface area contributed by atoms with Crippen LogP contribution in [0.15, 0.2) is 0 Å². The van der Waals surface area contributed by atoms with Crippen LogP contribution in [-0.4, -0.2) is 62.4 Å². The average Bonchev–Trinajstić information content (AvgIpc) is 3.14. The van der Waals surface area contributed by atoms with Gasteiger partial charge in [-0.15, -0.1) is 12.4 Å². The highest BCUT2D eigenvalue weighted by Crippen LogP contribution is 2.29. The quantitative estimate of drug-likeness (QED) is 0.817. The molecule has 0 aromatic rings. The number of ether oxygens (including phenoxy) is 2. The first-order valence-electron chi connectivity index (χ1n) is 7.52. The first-order valence-corrected chi connectivity index (χ1v) is 7.52. The highest BCUT2D eigenvalue weighted by atomic mass is 35.5. The zero-order valence-corrected chi connectivity index (χ0v) is 12.7. The molecule has 2 heterocycles. The van der Waals surface area contributed by atoms with Crippen LogP contribution in [0, 0.1) is 5.92 Å². The average molecular weight is 305 g/mol. The predicted molar refractivity (Wildman–Crippen MR) is 78.1 cm³/mol. The zero-order chi connectivity index (χ0) is 13.1. The molecule has 116 valence electrons. The van der Waals surface area contributed by atoms with E-state index in [-0.39, 0.29) is 24.4 Å². The summed E-state index contributed by atoms with van der Waals surface area (Å²) in [6, 6.07) is 0.490. The Morgan fingerprint density at radius 2 is 2.10 bits per heavy atom. The lowest BCUT2D eigenvalue weighted by atomic mass is 10.1. The molecule has 20 heavy (non-hydrogen) atoms. The van der Waals surface area contributed by atoms with Gasteiger partial charge in [-0.25, -0.2) is 0 Å². The van der Waals surface area contributed by atoms with Crippen molar-refractivity contribution in [2.45, 2.75) is 37.8 Å². The number of hydrogen-bond donors (Lipinski definition) is 1. The third-order valence-corrected chi connectivity index (χ3v) is 4.19. The summed E-state index contributed by atoms with van der Waals surface area (Å²) in [5.41, 5.74) is 0. The summed E-state index contributed by atoms with van der Waals surface area (Å²) < 4.78 is 11.0. The molecule has 3 rings (SSSR count). The second kappa shape index (κ2) is 7.59. The molecule has 0 bridgehead atoms. The van der Waals surface area contributed by atoms with Crippen molar-refractivity contribution < 1.29 is 14.3 Å². The third-order valence-electron chi connectivity index (χ3n) is 4.19. The Morgan fingerprint density at radius 3 is 2.70 bits per heavy atom. The molecule has 5 nitrogen and oxygen atoms in total. The normalized spacial score (nSPS) is 29.8. The molecule has 1 N–H and O–H groups in total. The van der Waals surface area contributed by atoms with E-state index in [1.165, 1.54) is 12.8 Å². The van der Waals surface area contributed by atoms with Gasteiger partial charge < -0.3 is 19.7 Å². The Balaban J connectivity index is 0.00000147. The van der Waals surface area contributed by atoms with E-state index in [1.807, 2.05) is 0 Å². The topological polar surface area (TPSA) is 50.8 Å². The molecule has 3 fully saturated rings. The van der Waals surface area contributed by atoms with Crippen molar-refractivity contribution in [1.29, 1.82) is 0 Å². The number of rotatable bonds is 5. The molecule has 0 aromatic heterocycles. The summed E-state index contributed by atoms with van der Waals surface area (Å²) in [5.74, 6) is 0.804. The lowest BCUT2D eigenvalue weighted by molar-refractivity contribution is -0.136. The van der Waals surface area contributed by atoms with Crippen LogP contribution in [0.2, 0.25) is 0 Å². The van der Waals surface area contributed by atoms with E-state index in [0.717, 1.165) is 45.9 Å². The highest BCUT2D eigenvalue weighted by molar-refractivity contribution is 5.85. The number of nitrogens with zero attached hydrogens (tertiary/aromatic N) is 1. The number of nitrogens with one attached hydrogen (secondary N) is 1. The number of carbonyl (C=O) groups excluding carboxylic acids is 1.